The summed E-state index contributed by atoms with van der Waals surface area (Å²) in [5.41, 5.74) is 3.36. The maximum Gasteiger partial charge on any atom is 0.204 e. The van der Waals surface area contributed by atoms with E-state index in [-0.39, 0.29) is 6.04 Å². The van der Waals surface area contributed by atoms with Gasteiger partial charge in [-0.25, -0.2) is 4.98 Å². The number of hydrogen-bond acceptors (Lipinski definition) is 3. The molecule has 1 aliphatic rings. The Morgan fingerprint density at radius 2 is 1.95 bits per heavy atom. The Morgan fingerprint density at radius 3 is 2.86 bits per heavy atom. The van der Waals surface area contributed by atoms with E-state index in [1.54, 1.807) is 0 Å². The normalized spacial score (nSPS) is 17.3. The number of rotatable bonds is 2. The number of nitrogens with zero attached hydrogens (tertiary/aromatic N) is 2. The van der Waals surface area contributed by atoms with Gasteiger partial charge in [0, 0.05) is 19.0 Å². The molecule has 1 aliphatic heterocycles. The van der Waals surface area contributed by atoms with Crippen LogP contribution in [-0.2, 0) is 7.05 Å². The molecule has 0 aliphatic carbocycles. The van der Waals surface area contributed by atoms with Crippen molar-refractivity contribution in [3.8, 4) is 5.75 Å². The average molecular weight is 279 g/mol. The highest BCUT2D eigenvalue weighted by molar-refractivity contribution is 5.78. The lowest BCUT2D eigenvalue weighted by Gasteiger charge is -2.26. The van der Waals surface area contributed by atoms with Crippen LogP contribution in [0.25, 0.3) is 11.0 Å². The van der Waals surface area contributed by atoms with Crippen molar-refractivity contribution in [3.63, 3.8) is 0 Å². The first-order valence-corrected chi connectivity index (χ1v) is 7.22. The zero-order valence-corrected chi connectivity index (χ0v) is 11.9. The molecule has 0 fully saturated rings. The van der Waals surface area contributed by atoms with Crippen molar-refractivity contribution in [2.45, 2.75) is 12.5 Å². The molecule has 4 rings (SSSR count). The third kappa shape index (κ3) is 2.03. The van der Waals surface area contributed by atoms with Gasteiger partial charge in [-0.05, 0) is 18.2 Å². The highest BCUT2D eigenvalue weighted by Gasteiger charge is 2.22. The Kier molecular flexibility index (Phi) is 2.81. The quantitative estimate of drug-likeness (QED) is 0.780. The van der Waals surface area contributed by atoms with Crippen LogP contribution in [0.5, 0.6) is 5.75 Å². The van der Waals surface area contributed by atoms with E-state index < -0.39 is 0 Å². The number of aromatic nitrogens is 2. The molecule has 4 nitrogen and oxygen atoms in total. The molecular weight excluding hydrogens is 262 g/mol. The summed E-state index contributed by atoms with van der Waals surface area (Å²) in [6, 6.07) is 16.6. The van der Waals surface area contributed by atoms with Gasteiger partial charge in [0.25, 0.3) is 0 Å². The second kappa shape index (κ2) is 4.81. The minimum atomic E-state index is 0.241. The van der Waals surface area contributed by atoms with Gasteiger partial charge >= 0.3 is 0 Å². The number of ether oxygens (including phenoxy) is 1. The first-order chi connectivity index (χ1) is 10.3. The van der Waals surface area contributed by atoms with Crippen molar-refractivity contribution in [2.75, 3.05) is 11.9 Å². The first-order valence-electron chi connectivity index (χ1n) is 7.22. The monoisotopic (exact) mass is 279 g/mol. The maximum absolute atomic E-state index is 5.71. The van der Waals surface area contributed by atoms with Gasteiger partial charge in [0.05, 0.1) is 23.7 Å². The minimum absolute atomic E-state index is 0.241. The topological polar surface area (TPSA) is 39.1 Å². The Bertz CT molecular complexity index is 794. The highest BCUT2D eigenvalue weighted by atomic mass is 16.5. The van der Waals surface area contributed by atoms with Crippen LogP contribution >= 0.6 is 0 Å². The number of fused-ring (bicyclic) bond motifs is 2. The van der Waals surface area contributed by atoms with Crippen LogP contribution < -0.4 is 10.1 Å². The smallest absolute Gasteiger partial charge is 0.204 e. The second-order valence-electron chi connectivity index (χ2n) is 5.36. The first kappa shape index (κ1) is 12.3. The van der Waals surface area contributed by atoms with Crippen molar-refractivity contribution in [1.29, 1.82) is 0 Å². The van der Waals surface area contributed by atoms with Crippen LogP contribution in [0.1, 0.15) is 18.0 Å². The number of anilines is 1. The molecule has 0 spiro atoms. The van der Waals surface area contributed by atoms with Gasteiger partial charge in [0.15, 0.2) is 0 Å². The van der Waals surface area contributed by atoms with Crippen molar-refractivity contribution in [2.24, 2.45) is 7.05 Å². The maximum atomic E-state index is 5.71. The van der Waals surface area contributed by atoms with E-state index in [1.165, 1.54) is 5.56 Å². The van der Waals surface area contributed by atoms with Crippen molar-refractivity contribution < 1.29 is 4.74 Å². The summed E-state index contributed by atoms with van der Waals surface area (Å²) in [5.74, 6) is 1.87. The van der Waals surface area contributed by atoms with Crippen LogP contribution in [0, 0.1) is 0 Å². The molecule has 2 aromatic carbocycles. The summed E-state index contributed by atoms with van der Waals surface area (Å²) in [6.45, 7) is 0.735. The average Bonchev–Trinajstić information content (AvgIpc) is 2.85. The zero-order valence-electron chi connectivity index (χ0n) is 11.9. The molecule has 0 bridgehead atoms. The number of nitrogens with one attached hydrogen (secondary N) is 1. The van der Waals surface area contributed by atoms with E-state index in [2.05, 4.69) is 28.1 Å². The molecule has 0 amide bonds. The molecule has 2 heterocycles. The Hall–Kier alpha value is -2.49. The minimum Gasteiger partial charge on any atom is -0.493 e. The van der Waals surface area contributed by atoms with Gasteiger partial charge in [-0.15, -0.1) is 0 Å². The lowest BCUT2D eigenvalue weighted by Crippen LogP contribution is -2.21. The molecule has 1 unspecified atom stereocenters. The van der Waals surface area contributed by atoms with Crippen LogP contribution in [0.4, 0.5) is 5.95 Å². The summed E-state index contributed by atoms with van der Waals surface area (Å²) < 4.78 is 7.82. The van der Waals surface area contributed by atoms with Gasteiger partial charge in [0.1, 0.15) is 5.75 Å². The molecule has 1 atom stereocenters. The molecule has 0 saturated carbocycles. The zero-order chi connectivity index (χ0) is 14.2. The Morgan fingerprint density at radius 1 is 1.14 bits per heavy atom. The van der Waals surface area contributed by atoms with Crippen molar-refractivity contribution >= 4 is 17.0 Å². The van der Waals surface area contributed by atoms with Crippen molar-refractivity contribution in [3.05, 3.63) is 54.1 Å². The fourth-order valence-corrected chi connectivity index (χ4v) is 2.92. The fraction of sp³-hybridized carbons (Fsp3) is 0.235. The molecule has 0 saturated heterocycles. The molecule has 106 valence electrons. The highest BCUT2D eigenvalue weighted by Crippen LogP contribution is 2.34. The van der Waals surface area contributed by atoms with Crippen LogP contribution in [0.2, 0.25) is 0 Å². The summed E-state index contributed by atoms with van der Waals surface area (Å²) >= 11 is 0. The van der Waals surface area contributed by atoms with Gasteiger partial charge in [-0.1, -0.05) is 30.3 Å². The number of para-hydroxylation sites is 3. The number of imidazole rings is 1. The fourth-order valence-electron chi connectivity index (χ4n) is 2.92. The molecule has 21 heavy (non-hydrogen) atoms. The predicted molar refractivity (Wildman–Crippen MR) is 83.6 cm³/mol. The van der Waals surface area contributed by atoms with E-state index in [0.717, 1.165) is 35.8 Å². The SMILES string of the molecule is Cn1c(NC2CCOc3ccccc32)nc2ccccc21. The van der Waals surface area contributed by atoms with Crippen molar-refractivity contribution in [1.82, 2.24) is 9.55 Å². The number of aryl methyl sites for hydroxylation is 1. The van der Waals surface area contributed by atoms with Gasteiger partial charge in [-0.2, -0.15) is 0 Å². The molecule has 1 aromatic heterocycles. The van der Waals surface area contributed by atoms with E-state index in [9.17, 15) is 0 Å². The molecule has 3 aromatic rings. The van der Waals surface area contributed by atoms with E-state index in [4.69, 9.17) is 9.72 Å². The largest absolute Gasteiger partial charge is 0.493 e. The summed E-state index contributed by atoms with van der Waals surface area (Å²) in [4.78, 5) is 4.69. The molecule has 1 N–H and O–H groups in total. The number of hydrogen-bond donors (Lipinski definition) is 1. The van der Waals surface area contributed by atoms with Gasteiger partial charge < -0.3 is 14.6 Å². The standard InChI is InChI=1S/C17H17N3O/c1-20-15-8-4-3-7-14(15)19-17(20)18-13-10-11-21-16-9-5-2-6-12(13)16/h2-9,13H,10-11H2,1H3,(H,18,19). The van der Waals surface area contributed by atoms with Gasteiger partial charge in [-0.3, -0.25) is 0 Å². The molecular formula is C17H17N3O. The predicted octanol–water partition coefficient (Wildman–Crippen LogP) is 3.51. The van der Waals surface area contributed by atoms with Gasteiger partial charge in [0.2, 0.25) is 5.95 Å². The van der Waals surface area contributed by atoms with Crippen LogP contribution in [0.15, 0.2) is 48.5 Å². The summed E-state index contributed by atoms with van der Waals surface area (Å²) in [6.07, 6.45) is 0.945. The third-order valence-electron chi connectivity index (χ3n) is 4.05. The summed E-state index contributed by atoms with van der Waals surface area (Å²) in [7, 11) is 2.04. The van der Waals surface area contributed by atoms with E-state index in [1.807, 2.05) is 37.4 Å². The lowest BCUT2D eigenvalue weighted by molar-refractivity contribution is 0.274. The lowest BCUT2D eigenvalue weighted by atomic mass is 10.0. The second-order valence-corrected chi connectivity index (χ2v) is 5.36. The molecule has 0 radical (unpaired) electrons. The van der Waals surface area contributed by atoms with Crippen LogP contribution in [0.3, 0.4) is 0 Å². The van der Waals surface area contributed by atoms with Crippen LogP contribution in [-0.4, -0.2) is 16.2 Å². The third-order valence-corrected chi connectivity index (χ3v) is 4.05. The van der Waals surface area contributed by atoms with E-state index >= 15 is 0 Å². The number of benzene rings is 2. The Labute approximate surface area is 123 Å². The summed E-state index contributed by atoms with van der Waals surface area (Å²) in [5, 5.41) is 3.57. The Balaban J connectivity index is 1.71. The molecule has 4 heteroatoms. The van der Waals surface area contributed by atoms with E-state index in [0.29, 0.717) is 0 Å².